The lowest BCUT2D eigenvalue weighted by Crippen LogP contribution is -2.31. The molecule has 0 radical (unpaired) electrons. The molecule has 0 aromatic rings. The minimum Gasteiger partial charge on any atom is -0.309 e. The Morgan fingerprint density at radius 3 is 2.58 bits per heavy atom. The van der Waals surface area contributed by atoms with E-state index in [0.29, 0.717) is 0 Å². The lowest BCUT2D eigenvalue weighted by atomic mass is 10.2. The van der Waals surface area contributed by atoms with Crippen LogP contribution in [0.15, 0.2) is 0 Å². The summed E-state index contributed by atoms with van der Waals surface area (Å²) < 4.78 is 0. The van der Waals surface area contributed by atoms with Crippen LogP contribution in [0.4, 0.5) is 0 Å². The number of nitrogens with one attached hydrogen (secondary N) is 1. The van der Waals surface area contributed by atoms with Crippen LogP contribution in [-0.2, 0) is 0 Å². The van der Waals surface area contributed by atoms with Crippen molar-refractivity contribution >= 4 is 0 Å². The molecule has 0 fully saturated rings. The van der Waals surface area contributed by atoms with E-state index in [2.05, 4.69) is 23.2 Å². The molecule has 1 unspecified atom stereocenters. The van der Waals surface area contributed by atoms with Crippen molar-refractivity contribution in [3.63, 3.8) is 0 Å². The Bertz CT molecular complexity index is 137. The van der Waals surface area contributed by atoms with Gasteiger partial charge in [0.2, 0.25) is 0 Å². The van der Waals surface area contributed by atoms with Gasteiger partial charge in [0.05, 0.1) is 12.1 Å². The van der Waals surface area contributed by atoms with Crippen molar-refractivity contribution in [3.8, 4) is 6.07 Å². The maximum atomic E-state index is 8.73. The molecule has 1 N–H and O–H groups in total. The van der Waals surface area contributed by atoms with Gasteiger partial charge < -0.3 is 10.2 Å². The van der Waals surface area contributed by atoms with Crippen molar-refractivity contribution in [2.24, 2.45) is 0 Å². The fourth-order valence-electron chi connectivity index (χ4n) is 0.918. The molecule has 0 saturated carbocycles. The van der Waals surface area contributed by atoms with Crippen LogP contribution in [0.25, 0.3) is 0 Å². The summed E-state index contributed by atoms with van der Waals surface area (Å²) in [7, 11) is 4.04. The van der Waals surface area contributed by atoms with E-state index in [4.69, 9.17) is 5.26 Å². The first-order valence-corrected chi connectivity index (χ1v) is 4.48. The van der Waals surface area contributed by atoms with Gasteiger partial charge >= 0.3 is 0 Å². The summed E-state index contributed by atoms with van der Waals surface area (Å²) in [6.45, 7) is 4.01. The molecular formula is C9H19N3. The molecule has 3 nitrogen and oxygen atoms in total. The van der Waals surface area contributed by atoms with Gasteiger partial charge in [0, 0.05) is 6.54 Å². The standard InChI is InChI=1S/C9H19N3/c1-4-6-11-9(8-10)5-7-12(2)3/h9,11H,4-7H2,1-3H3. The van der Waals surface area contributed by atoms with E-state index in [-0.39, 0.29) is 6.04 Å². The summed E-state index contributed by atoms with van der Waals surface area (Å²) in [6.07, 6.45) is 1.99. The van der Waals surface area contributed by atoms with Crippen LogP contribution < -0.4 is 5.32 Å². The predicted molar refractivity (Wildman–Crippen MR) is 50.9 cm³/mol. The monoisotopic (exact) mass is 169 g/mol. The van der Waals surface area contributed by atoms with Gasteiger partial charge in [-0.2, -0.15) is 5.26 Å². The van der Waals surface area contributed by atoms with Gasteiger partial charge in [-0.1, -0.05) is 6.92 Å². The van der Waals surface area contributed by atoms with Crippen LogP contribution in [0.5, 0.6) is 0 Å². The minimum absolute atomic E-state index is 0.0207. The van der Waals surface area contributed by atoms with E-state index in [1.54, 1.807) is 0 Å². The van der Waals surface area contributed by atoms with Crippen molar-refractivity contribution in [1.82, 2.24) is 10.2 Å². The maximum Gasteiger partial charge on any atom is 0.0965 e. The van der Waals surface area contributed by atoms with Crippen LogP contribution in [0.1, 0.15) is 19.8 Å². The quantitative estimate of drug-likeness (QED) is 0.640. The first kappa shape index (κ1) is 11.4. The Morgan fingerprint density at radius 1 is 1.50 bits per heavy atom. The van der Waals surface area contributed by atoms with Crippen LogP contribution in [0.3, 0.4) is 0 Å². The number of nitriles is 1. The average Bonchev–Trinajstić information content (AvgIpc) is 2.05. The summed E-state index contributed by atoms with van der Waals surface area (Å²) in [5.41, 5.74) is 0. The molecule has 0 rings (SSSR count). The number of hydrogen-bond acceptors (Lipinski definition) is 3. The molecule has 0 aliphatic rings. The third kappa shape index (κ3) is 6.14. The van der Waals surface area contributed by atoms with Gasteiger partial charge in [0.1, 0.15) is 0 Å². The Labute approximate surface area is 75.4 Å². The Kier molecular flexibility index (Phi) is 6.73. The van der Waals surface area contributed by atoms with Gasteiger partial charge in [-0.25, -0.2) is 0 Å². The largest absolute Gasteiger partial charge is 0.309 e. The third-order valence-electron chi connectivity index (χ3n) is 1.66. The van der Waals surface area contributed by atoms with Gasteiger partial charge in [-0.3, -0.25) is 0 Å². The molecule has 0 amide bonds. The van der Waals surface area contributed by atoms with Gasteiger partial charge in [-0.15, -0.1) is 0 Å². The summed E-state index contributed by atoms with van der Waals surface area (Å²) >= 11 is 0. The number of hydrogen-bond donors (Lipinski definition) is 1. The molecular weight excluding hydrogens is 150 g/mol. The maximum absolute atomic E-state index is 8.73. The molecule has 0 aliphatic heterocycles. The van der Waals surface area contributed by atoms with Crippen molar-refractivity contribution in [1.29, 1.82) is 5.26 Å². The molecule has 0 bridgehead atoms. The first-order chi connectivity index (χ1) is 5.70. The second kappa shape index (κ2) is 7.08. The fourth-order valence-corrected chi connectivity index (χ4v) is 0.918. The summed E-state index contributed by atoms with van der Waals surface area (Å²) in [5, 5.41) is 11.9. The van der Waals surface area contributed by atoms with Crippen molar-refractivity contribution < 1.29 is 0 Å². The Balaban J connectivity index is 3.48. The number of rotatable bonds is 6. The molecule has 70 valence electrons. The van der Waals surface area contributed by atoms with Crippen molar-refractivity contribution in [3.05, 3.63) is 0 Å². The van der Waals surface area contributed by atoms with E-state index >= 15 is 0 Å². The van der Waals surface area contributed by atoms with E-state index in [1.165, 1.54) is 0 Å². The minimum atomic E-state index is 0.0207. The van der Waals surface area contributed by atoms with Crippen molar-refractivity contribution in [2.75, 3.05) is 27.2 Å². The molecule has 0 heterocycles. The molecule has 1 atom stereocenters. The van der Waals surface area contributed by atoms with E-state index in [0.717, 1.165) is 25.9 Å². The highest BCUT2D eigenvalue weighted by molar-refractivity contribution is 4.89. The second-order valence-corrected chi connectivity index (χ2v) is 3.23. The summed E-state index contributed by atoms with van der Waals surface area (Å²) in [6, 6.07) is 2.28. The molecule has 0 spiro atoms. The number of nitrogens with zero attached hydrogens (tertiary/aromatic N) is 2. The topological polar surface area (TPSA) is 39.1 Å². The van der Waals surface area contributed by atoms with E-state index in [9.17, 15) is 0 Å². The van der Waals surface area contributed by atoms with E-state index in [1.807, 2.05) is 14.1 Å². The average molecular weight is 169 g/mol. The second-order valence-electron chi connectivity index (χ2n) is 3.23. The lowest BCUT2D eigenvalue weighted by molar-refractivity contribution is 0.379. The molecule has 0 aromatic carbocycles. The molecule has 0 aromatic heterocycles. The zero-order valence-electron chi connectivity index (χ0n) is 8.30. The summed E-state index contributed by atoms with van der Waals surface area (Å²) in [5.74, 6) is 0. The van der Waals surface area contributed by atoms with E-state index < -0.39 is 0 Å². The van der Waals surface area contributed by atoms with Crippen LogP contribution in [0.2, 0.25) is 0 Å². The van der Waals surface area contributed by atoms with Crippen molar-refractivity contribution in [2.45, 2.75) is 25.8 Å². The zero-order chi connectivity index (χ0) is 9.40. The lowest BCUT2D eigenvalue weighted by Gasteiger charge is -2.13. The zero-order valence-corrected chi connectivity index (χ0v) is 8.30. The molecule has 12 heavy (non-hydrogen) atoms. The fraction of sp³-hybridized carbons (Fsp3) is 0.889. The SMILES string of the molecule is CCCNC(C#N)CCN(C)C. The Morgan fingerprint density at radius 2 is 2.17 bits per heavy atom. The van der Waals surface area contributed by atoms with Crippen LogP contribution in [-0.4, -0.2) is 38.1 Å². The molecule has 0 aliphatic carbocycles. The van der Waals surface area contributed by atoms with Gasteiger partial charge in [0.15, 0.2) is 0 Å². The highest BCUT2D eigenvalue weighted by Crippen LogP contribution is 1.91. The van der Waals surface area contributed by atoms with Gasteiger partial charge in [-0.05, 0) is 33.5 Å². The molecule has 3 heteroatoms. The highest BCUT2D eigenvalue weighted by Gasteiger charge is 2.04. The smallest absolute Gasteiger partial charge is 0.0965 e. The highest BCUT2D eigenvalue weighted by atomic mass is 15.1. The molecule has 0 saturated heterocycles. The Hall–Kier alpha value is -0.590. The summed E-state index contributed by atoms with van der Waals surface area (Å²) in [4.78, 5) is 2.10. The normalized spacial score (nSPS) is 12.9. The first-order valence-electron chi connectivity index (χ1n) is 4.48. The van der Waals surface area contributed by atoms with Gasteiger partial charge in [0.25, 0.3) is 0 Å². The third-order valence-corrected chi connectivity index (χ3v) is 1.66. The van der Waals surface area contributed by atoms with Crippen LogP contribution >= 0.6 is 0 Å². The van der Waals surface area contributed by atoms with Crippen LogP contribution in [0, 0.1) is 11.3 Å². The predicted octanol–water partition coefficient (Wildman–Crippen LogP) is 0.830.